The molecule has 0 saturated heterocycles. The molecule has 0 radical (unpaired) electrons. The van der Waals surface area contributed by atoms with Crippen LogP contribution in [0.4, 0.5) is 23.2 Å². The summed E-state index contributed by atoms with van der Waals surface area (Å²) in [5.41, 5.74) is 1.24. The van der Waals surface area contributed by atoms with Gasteiger partial charge in [-0.15, -0.1) is 0 Å². The Kier molecular flexibility index (Phi) is 3.93. The zero-order valence-electron chi connectivity index (χ0n) is 11.8. The quantitative estimate of drug-likeness (QED) is 0.874. The van der Waals surface area contributed by atoms with E-state index < -0.39 is 17.6 Å². The lowest BCUT2D eigenvalue weighted by atomic mass is 10.1. The summed E-state index contributed by atoms with van der Waals surface area (Å²) in [6, 6.07) is 2.68. The molecule has 21 heavy (non-hydrogen) atoms. The van der Waals surface area contributed by atoms with Crippen LogP contribution in [0.1, 0.15) is 22.5 Å². The van der Waals surface area contributed by atoms with Crippen LogP contribution in [0.5, 0.6) is 0 Å². The van der Waals surface area contributed by atoms with Gasteiger partial charge in [0.1, 0.15) is 5.82 Å². The van der Waals surface area contributed by atoms with Crippen molar-refractivity contribution in [2.45, 2.75) is 26.6 Å². The van der Waals surface area contributed by atoms with Crippen molar-refractivity contribution in [3.8, 4) is 0 Å². The molecule has 1 aromatic carbocycles. The Labute approximate surface area is 119 Å². The first-order valence-corrected chi connectivity index (χ1v) is 6.30. The number of anilines is 1. The zero-order chi connectivity index (χ0) is 15.8. The van der Waals surface area contributed by atoms with E-state index in [0.29, 0.717) is 17.4 Å². The van der Waals surface area contributed by atoms with Gasteiger partial charge in [-0.2, -0.15) is 18.3 Å². The van der Waals surface area contributed by atoms with E-state index in [0.717, 1.165) is 17.8 Å². The third kappa shape index (κ3) is 3.17. The molecular weight excluding hydrogens is 286 g/mol. The maximum absolute atomic E-state index is 13.0. The van der Waals surface area contributed by atoms with Gasteiger partial charge in [-0.1, -0.05) is 6.07 Å². The minimum absolute atomic E-state index is 0.00782. The largest absolute Gasteiger partial charge is 0.416 e. The highest BCUT2D eigenvalue weighted by Gasteiger charge is 2.33. The normalized spacial score (nSPS) is 11.8. The van der Waals surface area contributed by atoms with Crippen LogP contribution < -0.4 is 5.32 Å². The first-order chi connectivity index (χ1) is 9.70. The Morgan fingerprint density at radius 1 is 1.24 bits per heavy atom. The number of hydrogen-bond acceptors (Lipinski definition) is 2. The molecule has 0 amide bonds. The zero-order valence-corrected chi connectivity index (χ0v) is 11.8. The molecule has 1 aromatic heterocycles. The highest BCUT2D eigenvalue weighted by atomic mass is 19.4. The fourth-order valence-corrected chi connectivity index (χ4v) is 2.18. The van der Waals surface area contributed by atoms with Gasteiger partial charge >= 0.3 is 6.18 Å². The molecule has 0 aliphatic rings. The minimum Gasteiger partial charge on any atom is -0.378 e. The van der Waals surface area contributed by atoms with Crippen molar-refractivity contribution in [1.82, 2.24) is 9.78 Å². The third-order valence-electron chi connectivity index (χ3n) is 3.34. The number of nitrogens with one attached hydrogen (secondary N) is 1. The fourth-order valence-electron chi connectivity index (χ4n) is 2.18. The van der Waals surface area contributed by atoms with Crippen LogP contribution >= 0.6 is 0 Å². The van der Waals surface area contributed by atoms with Crippen LogP contribution in [0, 0.1) is 19.7 Å². The van der Waals surface area contributed by atoms with E-state index >= 15 is 0 Å². The summed E-state index contributed by atoms with van der Waals surface area (Å²) in [6.07, 6.45) is -4.59. The molecule has 0 spiro atoms. The van der Waals surface area contributed by atoms with E-state index in [-0.39, 0.29) is 12.1 Å². The van der Waals surface area contributed by atoms with Crippen LogP contribution in [0.15, 0.2) is 18.2 Å². The van der Waals surface area contributed by atoms with E-state index in [1.54, 1.807) is 18.7 Å². The molecular formula is C14H15F4N3. The van der Waals surface area contributed by atoms with Crippen LogP contribution in [-0.2, 0) is 19.8 Å². The summed E-state index contributed by atoms with van der Waals surface area (Å²) < 4.78 is 53.4. The Morgan fingerprint density at radius 2 is 1.90 bits per heavy atom. The Balaban J connectivity index is 2.28. The molecule has 0 saturated carbocycles. The average Bonchev–Trinajstić information content (AvgIpc) is 2.61. The second-order valence-electron chi connectivity index (χ2n) is 4.82. The van der Waals surface area contributed by atoms with Crippen molar-refractivity contribution < 1.29 is 17.6 Å². The van der Waals surface area contributed by atoms with Crippen molar-refractivity contribution in [1.29, 1.82) is 0 Å². The van der Waals surface area contributed by atoms with Crippen molar-refractivity contribution >= 4 is 5.69 Å². The summed E-state index contributed by atoms with van der Waals surface area (Å²) in [7, 11) is 1.76. The van der Waals surface area contributed by atoms with Gasteiger partial charge in [0.15, 0.2) is 0 Å². The number of aromatic nitrogens is 2. The van der Waals surface area contributed by atoms with Crippen LogP contribution in [0.3, 0.4) is 0 Å². The fraction of sp³-hybridized carbons (Fsp3) is 0.357. The van der Waals surface area contributed by atoms with Gasteiger partial charge in [0.05, 0.1) is 22.6 Å². The number of hydrogen-bond donors (Lipinski definition) is 1. The molecule has 0 aliphatic heterocycles. The first kappa shape index (κ1) is 15.3. The number of benzene rings is 1. The second kappa shape index (κ2) is 5.38. The summed E-state index contributed by atoms with van der Waals surface area (Å²) >= 11 is 0. The van der Waals surface area contributed by atoms with E-state index in [4.69, 9.17) is 0 Å². The van der Waals surface area contributed by atoms with Crippen molar-refractivity contribution in [3.63, 3.8) is 0 Å². The standard InChI is InChI=1S/C14H15F4N3/c1-8-13(9(2)21(3)20-8)19-7-10-4-5-11(15)6-12(10)14(16,17)18/h4-6,19H,7H2,1-3H3. The number of halogens is 4. The Hall–Kier alpha value is -2.05. The predicted octanol–water partition coefficient (Wildman–Crippen LogP) is 3.81. The molecule has 3 nitrogen and oxygen atoms in total. The summed E-state index contributed by atoms with van der Waals surface area (Å²) in [5, 5.41) is 7.12. The monoisotopic (exact) mass is 301 g/mol. The molecule has 114 valence electrons. The average molecular weight is 301 g/mol. The lowest BCUT2D eigenvalue weighted by Crippen LogP contribution is -2.12. The lowest BCUT2D eigenvalue weighted by molar-refractivity contribution is -0.138. The highest BCUT2D eigenvalue weighted by Crippen LogP contribution is 2.33. The van der Waals surface area contributed by atoms with Gasteiger partial charge in [-0.25, -0.2) is 4.39 Å². The number of aryl methyl sites for hydroxylation is 2. The van der Waals surface area contributed by atoms with Crippen molar-refractivity contribution in [2.75, 3.05) is 5.32 Å². The maximum Gasteiger partial charge on any atom is 0.416 e. The molecule has 0 aliphatic carbocycles. The maximum atomic E-state index is 13.0. The second-order valence-corrected chi connectivity index (χ2v) is 4.82. The van der Waals surface area contributed by atoms with Gasteiger partial charge in [0.2, 0.25) is 0 Å². The summed E-state index contributed by atoms with van der Waals surface area (Å²) in [4.78, 5) is 0. The van der Waals surface area contributed by atoms with Gasteiger partial charge in [0, 0.05) is 13.6 Å². The highest BCUT2D eigenvalue weighted by molar-refractivity contribution is 5.52. The van der Waals surface area contributed by atoms with Gasteiger partial charge in [-0.3, -0.25) is 4.68 Å². The molecule has 1 N–H and O–H groups in total. The van der Waals surface area contributed by atoms with Crippen LogP contribution in [-0.4, -0.2) is 9.78 Å². The minimum atomic E-state index is -4.59. The molecule has 7 heteroatoms. The number of rotatable bonds is 3. The Bertz CT molecular complexity index is 659. The van der Waals surface area contributed by atoms with Gasteiger partial charge < -0.3 is 5.32 Å². The van der Waals surface area contributed by atoms with Crippen LogP contribution in [0.25, 0.3) is 0 Å². The lowest BCUT2D eigenvalue weighted by Gasteiger charge is -2.14. The number of alkyl halides is 3. The SMILES string of the molecule is Cc1nn(C)c(C)c1NCc1ccc(F)cc1C(F)(F)F. The summed E-state index contributed by atoms with van der Waals surface area (Å²) in [5.74, 6) is -0.903. The number of nitrogens with zero attached hydrogens (tertiary/aromatic N) is 2. The molecule has 2 rings (SSSR count). The topological polar surface area (TPSA) is 29.9 Å². The molecule has 0 fully saturated rings. The van der Waals surface area contributed by atoms with Crippen LogP contribution in [0.2, 0.25) is 0 Å². The molecule has 0 bridgehead atoms. The molecule has 0 atom stereocenters. The Morgan fingerprint density at radius 3 is 2.43 bits per heavy atom. The van der Waals surface area contributed by atoms with E-state index in [1.807, 2.05) is 6.92 Å². The van der Waals surface area contributed by atoms with E-state index in [2.05, 4.69) is 10.4 Å². The van der Waals surface area contributed by atoms with Gasteiger partial charge in [0.25, 0.3) is 0 Å². The molecule has 0 unspecified atom stereocenters. The van der Waals surface area contributed by atoms with Crippen molar-refractivity contribution in [3.05, 3.63) is 46.5 Å². The van der Waals surface area contributed by atoms with Crippen molar-refractivity contribution in [2.24, 2.45) is 7.05 Å². The van der Waals surface area contributed by atoms with E-state index in [9.17, 15) is 17.6 Å². The van der Waals surface area contributed by atoms with E-state index in [1.165, 1.54) is 0 Å². The predicted molar refractivity (Wildman–Crippen MR) is 71.4 cm³/mol. The third-order valence-corrected chi connectivity index (χ3v) is 3.34. The molecule has 1 heterocycles. The van der Waals surface area contributed by atoms with Gasteiger partial charge in [-0.05, 0) is 31.5 Å². The summed E-state index contributed by atoms with van der Waals surface area (Å²) in [6.45, 7) is 3.53. The first-order valence-electron chi connectivity index (χ1n) is 6.30. The molecule has 2 aromatic rings. The smallest absolute Gasteiger partial charge is 0.378 e.